The summed E-state index contributed by atoms with van der Waals surface area (Å²) in [6.45, 7) is 0. The average molecular weight is 445 g/mol. The maximum Gasteiger partial charge on any atom is 0.416 e. The molecule has 28 heavy (non-hydrogen) atoms. The van der Waals surface area contributed by atoms with Crippen molar-refractivity contribution in [2.24, 2.45) is 5.73 Å². The van der Waals surface area contributed by atoms with Crippen LogP contribution in [-0.2, 0) is 6.18 Å². The van der Waals surface area contributed by atoms with E-state index >= 15 is 0 Å². The van der Waals surface area contributed by atoms with E-state index < -0.39 is 17.7 Å². The van der Waals surface area contributed by atoms with E-state index in [1.165, 1.54) is 18.2 Å². The molecule has 0 saturated heterocycles. The molecule has 0 radical (unpaired) electrons. The van der Waals surface area contributed by atoms with Crippen molar-refractivity contribution < 1.29 is 17.9 Å². The number of allylic oxidation sites excluding steroid dienone is 1. The first-order valence-electron chi connectivity index (χ1n) is 8.26. The van der Waals surface area contributed by atoms with E-state index in [1.54, 1.807) is 12.1 Å². The van der Waals surface area contributed by atoms with E-state index in [9.17, 15) is 18.4 Å². The molecule has 0 amide bonds. The fraction of sp³-hybridized carbons (Fsp3) is 0.0952. The maximum absolute atomic E-state index is 13.6. The highest BCUT2D eigenvalue weighted by Crippen LogP contribution is 2.47. The van der Waals surface area contributed by atoms with Crippen molar-refractivity contribution in [1.29, 1.82) is 5.26 Å². The van der Waals surface area contributed by atoms with Gasteiger partial charge in [-0.2, -0.15) is 18.4 Å². The fourth-order valence-electron chi connectivity index (χ4n) is 3.50. The van der Waals surface area contributed by atoms with Gasteiger partial charge in [-0.15, -0.1) is 0 Å². The van der Waals surface area contributed by atoms with Crippen LogP contribution >= 0.6 is 15.9 Å². The molecule has 3 aromatic carbocycles. The monoisotopic (exact) mass is 444 g/mol. The van der Waals surface area contributed by atoms with Crippen LogP contribution in [0.5, 0.6) is 5.75 Å². The Morgan fingerprint density at radius 2 is 1.75 bits per heavy atom. The fourth-order valence-corrected chi connectivity index (χ4v) is 3.88. The summed E-state index contributed by atoms with van der Waals surface area (Å²) >= 11 is 3.40. The highest BCUT2D eigenvalue weighted by atomic mass is 79.9. The van der Waals surface area contributed by atoms with E-state index in [-0.39, 0.29) is 17.0 Å². The topological polar surface area (TPSA) is 59.0 Å². The second-order valence-electron chi connectivity index (χ2n) is 6.39. The quantitative estimate of drug-likeness (QED) is 0.512. The van der Waals surface area contributed by atoms with Crippen LogP contribution < -0.4 is 10.5 Å². The average Bonchev–Trinajstić information content (AvgIpc) is 2.65. The molecular weight excluding hydrogens is 433 g/mol. The molecule has 1 atom stereocenters. The third-order valence-corrected chi connectivity index (χ3v) is 5.21. The lowest BCUT2D eigenvalue weighted by molar-refractivity contribution is -0.138. The zero-order chi connectivity index (χ0) is 20.1. The lowest BCUT2D eigenvalue weighted by atomic mass is 9.80. The Kier molecular flexibility index (Phi) is 4.31. The number of fused-ring (bicyclic) bond motifs is 2. The molecule has 1 heterocycles. The van der Waals surface area contributed by atoms with Gasteiger partial charge >= 0.3 is 6.18 Å². The van der Waals surface area contributed by atoms with Crippen LogP contribution in [0.3, 0.4) is 0 Å². The van der Waals surface area contributed by atoms with Crippen molar-refractivity contribution in [3.8, 4) is 11.8 Å². The predicted molar refractivity (Wildman–Crippen MR) is 102 cm³/mol. The summed E-state index contributed by atoms with van der Waals surface area (Å²) in [6.07, 6.45) is -4.57. The van der Waals surface area contributed by atoms with Crippen molar-refractivity contribution in [2.45, 2.75) is 12.1 Å². The van der Waals surface area contributed by atoms with Gasteiger partial charge in [0.1, 0.15) is 17.4 Å². The first kappa shape index (κ1) is 18.4. The number of rotatable bonds is 1. The smallest absolute Gasteiger partial charge is 0.416 e. The highest BCUT2D eigenvalue weighted by Gasteiger charge is 2.39. The largest absolute Gasteiger partial charge is 0.440 e. The molecule has 7 heteroatoms. The summed E-state index contributed by atoms with van der Waals surface area (Å²) < 4.78 is 47.4. The second-order valence-corrected chi connectivity index (χ2v) is 7.31. The number of nitrogens with two attached hydrogens (primary N) is 1. The van der Waals surface area contributed by atoms with E-state index in [1.807, 2.05) is 24.3 Å². The molecule has 3 aromatic rings. The molecule has 1 aliphatic rings. The molecule has 0 bridgehead atoms. The minimum Gasteiger partial charge on any atom is -0.440 e. The van der Waals surface area contributed by atoms with Crippen molar-refractivity contribution in [3.05, 3.63) is 87.2 Å². The number of nitriles is 1. The molecule has 0 unspecified atom stereocenters. The van der Waals surface area contributed by atoms with Crippen LogP contribution in [0.25, 0.3) is 10.8 Å². The summed E-state index contributed by atoms with van der Waals surface area (Å²) in [4.78, 5) is 0. The van der Waals surface area contributed by atoms with E-state index in [2.05, 4.69) is 15.9 Å². The number of alkyl halides is 3. The van der Waals surface area contributed by atoms with Gasteiger partial charge < -0.3 is 10.5 Å². The zero-order valence-electron chi connectivity index (χ0n) is 14.2. The van der Waals surface area contributed by atoms with Crippen LogP contribution in [-0.4, -0.2) is 0 Å². The molecule has 0 spiro atoms. The zero-order valence-corrected chi connectivity index (χ0v) is 15.8. The van der Waals surface area contributed by atoms with Crippen molar-refractivity contribution in [1.82, 2.24) is 0 Å². The number of hydrogen-bond acceptors (Lipinski definition) is 3. The van der Waals surface area contributed by atoms with Crippen LogP contribution in [0.4, 0.5) is 13.2 Å². The van der Waals surface area contributed by atoms with E-state index in [4.69, 9.17) is 10.5 Å². The Morgan fingerprint density at radius 3 is 2.46 bits per heavy atom. The lowest BCUT2D eigenvalue weighted by Crippen LogP contribution is -2.23. The maximum atomic E-state index is 13.6. The van der Waals surface area contributed by atoms with Gasteiger partial charge in [-0.1, -0.05) is 40.2 Å². The Hall–Kier alpha value is -2.98. The normalized spacial score (nSPS) is 16.5. The summed E-state index contributed by atoms with van der Waals surface area (Å²) in [6, 6.07) is 16.2. The molecule has 2 N–H and O–H groups in total. The minimum absolute atomic E-state index is 0.0339. The first-order valence-corrected chi connectivity index (χ1v) is 9.06. The standard InChI is InChI=1S/C21H12BrF3N2O/c22-13-6-5-11-9-18-15(8-12(11)7-13)19(16(10-26)20(27)28-18)14-3-1-2-4-17(14)21(23,24)25/h1-9,19H,27H2/t19-/m1/s1. The van der Waals surface area contributed by atoms with Gasteiger partial charge in [-0.3, -0.25) is 0 Å². The van der Waals surface area contributed by atoms with E-state index in [0.29, 0.717) is 11.3 Å². The molecule has 3 nitrogen and oxygen atoms in total. The van der Waals surface area contributed by atoms with Gasteiger partial charge in [-0.25, -0.2) is 0 Å². The van der Waals surface area contributed by atoms with Gasteiger partial charge in [0.15, 0.2) is 0 Å². The Morgan fingerprint density at radius 1 is 1.00 bits per heavy atom. The van der Waals surface area contributed by atoms with E-state index in [0.717, 1.165) is 21.3 Å². The molecule has 4 rings (SSSR count). The number of hydrogen-bond donors (Lipinski definition) is 1. The van der Waals surface area contributed by atoms with Gasteiger partial charge in [0.2, 0.25) is 5.88 Å². The first-order chi connectivity index (χ1) is 13.3. The number of halogens is 4. The highest BCUT2D eigenvalue weighted by molar-refractivity contribution is 9.10. The Labute approximate surface area is 167 Å². The van der Waals surface area contributed by atoms with Gasteiger partial charge in [0, 0.05) is 10.0 Å². The van der Waals surface area contributed by atoms with Crippen molar-refractivity contribution >= 4 is 26.7 Å². The molecule has 1 aliphatic heterocycles. The molecule has 0 aliphatic carbocycles. The molecule has 140 valence electrons. The van der Waals surface area contributed by atoms with Crippen LogP contribution in [0.15, 0.2) is 70.5 Å². The number of benzene rings is 3. The third kappa shape index (κ3) is 3.00. The van der Waals surface area contributed by atoms with Gasteiger partial charge in [-0.05, 0) is 46.7 Å². The summed E-state index contributed by atoms with van der Waals surface area (Å²) in [5.41, 5.74) is 5.49. The van der Waals surface area contributed by atoms with Crippen LogP contribution in [0, 0.1) is 11.3 Å². The second kappa shape index (κ2) is 6.57. The van der Waals surface area contributed by atoms with Crippen LogP contribution in [0.1, 0.15) is 22.6 Å². The Balaban J connectivity index is 2.04. The number of ether oxygens (including phenoxy) is 1. The minimum atomic E-state index is -4.57. The molecule has 0 aromatic heterocycles. The summed E-state index contributed by atoms with van der Waals surface area (Å²) in [5, 5.41) is 11.3. The molecular formula is C21H12BrF3N2O. The lowest BCUT2D eigenvalue weighted by Gasteiger charge is -2.28. The molecule has 0 saturated carbocycles. The number of nitrogens with zero attached hydrogens (tertiary/aromatic N) is 1. The van der Waals surface area contributed by atoms with Crippen molar-refractivity contribution in [2.75, 3.05) is 0 Å². The van der Waals surface area contributed by atoms with Gasteiger partial charge in [0.05, 0.1) is 11.5 Å². The van der Waals surface area contributed by atoms with Gasteiger partial charge in [0.25, 0.3) is 0 Å². The summed E-state index contributed by atoms with van der Waals surface area (Å²) in [7, 11) is 0. The summed E-state index contributed by atoms with van der Waals surface area (Å²) in [5.74, 6) is -0.823. The predicted octanol–water partition coefficient (Wildman–Crippen LogP) is 5.84. The van der Waals surface area contributed by atoms with Crippen LogP contribution in [0.2, 0.25) is 0 Å². The van der Waals surface area contributed by atoms with Crippen molar-refractivity contribution in [3.63, 3.8) is 0 Å². The Bertz CT molecular complexity index is 1180. The SMILES string of the molecule is N#CC1=C(N)Oc2cc3ccc(Br)cc3cc2[C@H]1c1ccccc1C(F)(F)F. The molecule has 0 fully saturated rings. The third-order valence-electron chi connectivity index (χ3n) is 4.71.